The third-order valence-corrected chi connectivity index (χ3v) is 3.13. The van der Waals surface area contributed by atoms with E-state index in [-0.39, 0.29) is 6.42 Å². The van der Waals surface area contributed by atoms with Crippen LogP contribution >= 0.6 is 0 Å². The van der Waals surface area contributed by atoms with Crippen LogP contribution in [0.5, 0.6) is 0 Å². The van der Waals surface area contributed by atoms with E-state index in [4.69, 9.17) is 5.11 Å². The second kappa shape index (κ2) is 5.69. The average Bonchev–Trinajstić information content (AvgIpc) is 2.21. The van der Waals surface area contributed by atoms with Crippen LogP contribution in [0, 0.1) is 13.8 Å². The molecule has 1 rings (SSSR count). The molecule has 2 heteroatoms. The molecule has 0 aromatic heterocycles. The van der Waals surface area contributed by atoms with E-state index < -0.39 is 5.97 Å². The van der Waals surface area contributed by atoms with Gasteiger partial charge in [-0.1, -0.05) is 25.1 Å². The van der Waals surface area contributed by atoms with E-state index in [0.717, 1.165) is 12.8 Å². The molecular formula is C14H20O2. The number of aryl methyl sites for hydroxylation is 2. The molecule has 0 saturated carbocycles. The highest BCUT2D eigenvalue weighted by molar-refractivity contribution is 5.66. The molecule has 1 N–H and O–H groups in total. The summed E-state index contributed by atoms with van der Waals surface area (Å²) in [6.07, 6.45) is 1.97. The summed E-state index contributed by atoms with van der Waals surface area (Å²) in [5, 5.41) is 8.58. The van der Waals surface area contributed by atoms with Crippen molar-refractivity contribution in [1.29, 1.82) is 0 Å². The summed E-state index contributed by atoms with van der Waals surface area (Å²) in [5.41, 5.74) is 3.93. The Hall–Kier alpha value is -1.31. The molecule has 1 unspecified atom stereocenters. The highest BCUT2D eigenvalue weighted by Gasteiger charge is 2.07. The van der Waals surface area contributed by atoms with Gasteiger partial charge in [0.15, 0.2) is 0 Å². The van der Waals surface area contributed by atoms with Crippen LogP contribution in [-0.2, 0) is 4.79 Å². The molecule has 16 heavy (non-hydrogen) atoms. The third-order valence-electron chi connectivity index (χ3n) is 3.13. The van der Waals surface area contributed by atoms with E-state index in [2.05, 4.69) is 39.0 Å². The van der Waals surface area contributed by atoms with Crippen molar-refractivity contribution in [3.05, 3.63) is 34.9 Å². The number of aliphatic carboxylic acids is 1. The first-order valence-electron chi connectivity index (χ1n) is 5.79. The SMILES string of the molecule is Cc1ccc(C(C)CCCC(=O)O)cc1C. The normalized spacial score (nSPS) is 12.4. The van der Waals surface area contributed by atoms with Gasteiger partial charge in [-0.15, -0.1) is 0 Å². The number of carboxylic acid groups (broad SMARTS) is 1. The Balaban J connectivity index is 2.55. The minimum Gasteiger partial charge on any atom is -0.481 e. The number of hydrogen-bond acceptors (Lipinski definition) is 1. The first-order chi connectivity index (χ1) is 7.50. The van der Waals surface area contributed by atoms with E-state index in [1.807, 2.05) is 0 Å². The molecule has 0 aliphatic rings. The molecule has 1 aromatic carbocycles. The van der Waals surface area contributed by atoms with Crippen molar-refractivity contribution < 1.29 is 9.90 Å². The van der Waals surface area contributed by atoms with Gasteiger partial charge in [0.2, 0.25) is 0 Å². The summed E-state index contributed by atoms with van der Waals surface area (Å²) >= 11 is 0. The van der Waals surface area contributed by atoms with Gasteiger partial charge in [-0.05, 0) is 49.3 Å². The zero-order valence-corrected chi connectivity index (χ0v) is 10.3. The monoisotopic (exact) mass is 220 g/mol. The lowest BCUT2D eigenvalue weighted by Crippen LogP contribution is -1.99. The Morgan fingerprint density at radius 3 is 2.56 bits per heavy atom. The van der Waals surface area contributed by atoms with E-state index >= 15 is 0 Å². The minimum atomic E-state index is -0.702. The van der Waals surface area contributed by atoms with Crippen LogP contribution in [0.1, 0.15) is 48.8 Å². The lowest BCUT2D eigenvalue weighted by molar-refractivity contribution is -0.137. The molecule has 0 aliphatic carbocycles. The van der Waals surface area contributed by atoms with Crippen molar-refractivity contribution in [2.75, 3.05) is 0 Å². The van der Waals surface area contributed by atoms with Gasteiger partial charge in [-0.3, -0.25) is 4.79 Å². The lowest BCUT2D eigenvalue weighted by Gasteiger charge is -2.12. The molecule has 0 saturated heterocycles. The molecule has 0 amide bonds. The van der Waals surface area contributed by atoms with E-state index in [9.17, 15) is 4.79 Å². The lowest BCUT2D eigenvalue weighted by atomic mass is 9.93. The van der Waals surface area contributed by atoms with Crippen molar-refractivity contribution in [3.8, 4) is 0 Å². The van der Waals surface area contributed by atoms with Gasteiger partial charge >= 0.3 is 5.97 Å². The Bertz CT molecular complexity index is 369. The molecule has 2 nitrogen and oxygen atoms in total. The molecule has 0 radical (unpaired) electrons. The van der Waals surface area contributed by atoms with Gasteiger partial charge in [-0.25, -0.2) is 0 Å². The number of carboxylic acids is 1. The summed E-state index contributed by atoms with van der Waals surface area (Å²) in [4.78, 5) is 10.4. The van der Waals surface area contributed by atoms with Crippen LogP contribution in [0.15, 0.2) is 18.2 Å². The fourth-order valence-corrected chi connectivity index (χ4v) is 1.80. The minimum absolute atomic E-state index is 0.273. The second-order valence-corrected chi connectivity index (χ2v) is 4.53. The van der Waals surface area contributed by atoms with E-state index in [1.54, 1.807) is 0 Å². The van der Waals surface area contributed by atoms with Crippen LogP contribution in [0.2, 0.25) is 0 Å². The maximum atomic E-state index is 10.4. The Morgan fingerprint density at radius 1 is 1.31 bits per heavy atom. The van der Waals surface area contributed by atoms with Gasteiger partial charge in [0.1, 0.15) is 0 Å². The number of carbonyl (C=O) groups is 1. The first-order valence-corrected chi connectivity index (χ1v) is 5.79. The maximum absolute atomic E-state index is 10.4. The zero-order chi connectivity index (χ0) is 12.1. The van der Waals surface area contributed by atoms with Crippen LogP contribution in [0.3, 0.4) is 0 Å². The number of rotatable bonds is 5. The fraction of sp³-hybridized carbons (Fsp3) is 0.500. The molecule has 1 aromatic rings. The van der Waals surface area contributed by atoms with Crippen molar-refractivity contribution >= 4 is 5.97 Å². The van der Waals surface area contributed by atoms with Gasteiger partial charge in [-0.2, -0.15) is 0 Å². The van der Waals surface area contributed by atoms with E-state index in [1.165, 1.54) is 16.7 Å². The van der Waals surface area contributed by atoms with Crippen molar-refractivity contribution in [2.45, 2.75) is 46.0 Å². The smallest absolute Gasteiger partial charge is 0.303 e. The summed E-state index contributed by atoms with van der Waals surface area (Å²) in [6.45, 7) is 6.38. The molecular weight excluding hydrogens is 200 g/mol. The molecule has 0 aliphatic heterocycles. The fourth-order valence-electron chi connectivity index (χ4n) is 1.80. The Labute approximate surface area is 97.3 Å². The van der Waals surface area contributed by atoms with Gasteiger partial charge in [0, 0.05) is 6.42 Å². The van der Waals surface area contributed by atoms with Crippen LogP contribution in [0.4, 0.5) is 0 Å². The highest BCUT2D eigenvalue weighted by Crippen LogP contribution is 2.23. The summed E-state index contributed by atoms with van der Waals surface area (Å²) in [5.74, 6) is -0.258. The molecule has 1 atom stereocenters. The van der Waals surface area contributed by atoms with Gasteiger partial charge in [0.25, 0.3) is 0 Å². The Morgan fingerprint density at radius 2 is 2.00 bits per heavy atom. The van der Waals surface area contributed by atoms with Crippen LogP contribution in [0.25, 0.3) is 0 Å². The van der Waals surface area contributed by atoms with E-state index in [0.29, 0.717) is 5.92 Å². The van der Waals surface area contributed by atoms with Gasteiger partial charge in [0.05, 0.1) is 0 Å². The highest BCUT2D eigenvalue weighted by atomic mass is 16.4. The maximum Gasteiger partial charge on any atom is 0.303 e. The average molecular weight is 220 g/mol. The molecule has 0 fully saturated rings. The number of benzene rings is 1. The van der Waals surface area contributed by atoms with Crippen LogP contribution < -0.4 is 0 Å². The summed E-state index contributed by atoms with van der Waals surface area (Å²) < 4.78 is 0. The van der Waals surface area contributed by atoms with Crippen molar-refractivity contribution in [1.82, 2.24) is 0 Å². The standard InChI is InChI=1S/C14H20O2/c1-10-7-8-13(9-12(10)3)11(2)5-4-6-14(15)16/h7-9,11H,4-6H2,1-3H3,(H,15,16). The summed E-state index contributed by atoms with van der Waals surface area (Å²) in [7, 11) is 0. The Kier molecular flexibility index (Phi) is 4.53. The molecule has 0 bridgehead atoms. The molecule has 0 heterocycles. The van der Waals surface area contributed by atoms with Crippen LogP contribution in [-0.4, -0.2) is 11.1 Å². The quantitative estimate of drug-likeness (QED) is 0.822. The largest absolute Gasteiger partial charge is 0.481 e. The third kappa shape index (κ3) is 3.69. The molecule has 0 spiro atoms. The van der Waals surface area contributed by atoms with Crippen molar-refractivity contribution in [2.24, 2.45) is 0 Å². The number of hydrogen-bond donors (Lipinski definition) is 1. The predicted molar refractivity (Wildman–Crippen MR) is 65.8 cm³/mol. The molecule has 88 valence electrons. The zero-order valence-electron chi connectivity index (χ0n) is 10.3. The summed E-state index contributed by atoms with van der Waals surface area (Å²) in [6, 6.07) is 6.49. The predicted octanol–water partition coefficient (Wildman–Crippen LogP) is 3.66. The first kappa shape index (κ1) is 12.8. The van der Waals surface area contributed by atoms with Crippen molar-refractivity contribution in [3.63, 3.8) is 0 Å². The van der Waals surface area contributed by atoms with Gasteiger partial charge < -0.3 is 5.11 Å². The second-order valence-electron chi connectivity index (χ2n) is 4.53. The topological polar surface area (TPSA) is 37.3 Å².